The van der Waals surface area contributed by atoms with Crippen LogP contribution in [0.2, 0.25) is 0 Å². The van der Waals surface area contributed by atoms with Gasteiger partial charge >= 0.3 is 0 Å². The van der Waals surface area contributed by atoms with Gasteiger partial charge in [0.15, 0.2) is 5.78 Å². The molecular weight excluding hydrogens is 280 g/mol. The summed E-state index contributed by atoms with van der Waals surface area (Å²) in [5, 5.41) is 2.65. The zero-order valence-corrected chi connectivity index (χ0v) is 12.3. The molecule has 0 aromatic heterocycles. The lowest BCUT2D eigenvalue weighted by atomic mass is 10.1. The molecule has 0 aliphatic rings. The normalized spacial score (nSPS) is 10.1. The second-order valence-electron chi connectivity index (χ2n) is 4.68. The van der Waals surface area contributed by atoms with Crippen molar-refractivity contribution in [1.29, 1.82) is 0 Å². The maximum atomic E-state index is 11.5. The molecule has 3 N–H and O–H groups in total. The molecule has 0 saturated heterocycles. The van der Waals surface area contributed by atoms with Crippen molar-refractivity contribution < 1.29 is 14.3 Å². The van der Waals surface area contributed by atoms with E-state index >= 15 is 0 Å². The van der Waals surface area contributed by atoms with Gasteiger partial charge in [-0.15, -0.1) is 0 Å². The van der Waals surface area contributed by atoms with Crippen LogP contribution >= 0.6 is 0 Å². The van der Waals surface area contributed by atoms with Crippen molar-refractivity contribution in [2.24, 2.45) is 5.73 Å². The van der Waals surface area contributed by atoms with Gasteiger partial charge in [-0.2, -0.15) is 0 Å². The number of rotatable bonds is 6. The summed E-state index contributed by atoms with van der Waals surface area (Å²) in [5.74, 6) is 1.14. The fourth-order valence-corrected chi connectivity index (χ4v) is 1.87. The van der Waals surface area contributed by atoms with E-state index in [2.05, 4.69) is 5.32 Å². The minimum atomic E-state index is -0.246. The van der Waals surface area contributed by atoms with Gasteiger partial charge in [-0.05, 0) is 48.5 Å². The molecule has 2 rings (SSSR count). The molecular formula is C17H18N2O3. The lowest BCUT2D eigenvalue weighted by Gasteiger charge is -2.08. The molecule has 0 saturated carbocycles. The fourth-order valence-electron chi connectivity index (χ4n) is 1.87. The molecule has 0 spiro atoms. The number of Topliss-reactive ketones (excluding diaryl/α,β-unsaturated/α-hetero) is 1. The van der Waals surface area contributed by atoms with E-state index in [0.29, 0.717) is 29.2 Å². The topological polar surface area (TPSA) is 81.4 Å². The van der Waals surface area contributed by atoms with Crippen molar-refractivity contribution in [3.8, 4) is 11.5 Å². The molecule has 0 aliphatic carbocycles. The van der Waals surface area contributed by atoms with Crippen LogP contribution in [0.4, 0.5) is 5.69 Å². The molecule has 2 aromatic carbocycles. The van der Waals surface area contributed by atoms with Crippen LogP contribution in [0.25, 0.3) is 0 Å². The van der Waals surface area contributed by atoms with Crippen LogP contribution in [0, 0.1) is 0 Å². The Morgan fingerprint density at radius 1 is 1.00 bits per heavy atom. The summed E-state index contributed by atoms with van der Waals surface area (Å²) in [6.07, 6.45) is 0.482. The molecule has 5 heteroatoms. The highest BCUT2D eigenvalue weighted by Gasteiger charge is 2.04. The SMILES string of the molecule is CCC(=O)c1ccc(Oc2ccc(NC(=O)CN)cc2)cc1. The van der Waals surface area contributed by atoms with E-state index in [4.69, 9.17) is 10.5 Å². The van der Waals surface area contributed by atoms with E-state index in [1.807, 2.05) is 6.92 Å². The van der Waals surface area contributed by atoms with E-state index in [9.17, 15) is 9.59 Å². The van der Waals surface area contributed by atoms with Gasteiger partial charge in [0.05, 0.1) is 6.54 Å². The first-order chi connectivity index (χ1) is 10.6. The van der Waals surface area contributed by atoms with Crippen LogP contribution in [-0.2, 0) is 4.79 Å². The molecule has 0 bridgehead atoms. The van der Waals surface area contributed by atoms with E-state index < -0.39 is 0 Å². The Morgan fingerprint density at radius 3 is 2.05 bits per heavy atom. The molecule has 0 unspecified atom stereocenters. The van der Waals surface area contributed by atoms with Gasteiger partial charge in [0.1, 0.15) is 11.5 Å². The number of benzene rings is 2. The largest absolute Gasteiger partial charge is 0.457 e. The molecule has 0 atom stereocenters. The number of carbonyl (C=O) groups excluding carboxylic acids is 2. The Balaban J connectivity index is 2.01. The zero-order chi connectivity index (χ0) is 15.9. The first-order valence-electron chi connectivity index (χ1n) is 7.03. The van der Waals surface area contributed by atoms with Gasteiger partial charge in [-0.3, -0.25) is 9.59 Å². The third-order valence-corrected chi connectivity index (χ3v) is 3.06. The number of hydrogen-bond donors (Lipinski definition) is 2. The predicted octanol–water partition coefficient (Wildman–Crippen LogP) is 2.97. The fraction of sp³-hybridized carbons (Fsp3) is 0.176. The molecule has 0 radical (unpaired) electrons. The third kappa shape index (κ3) is 4.17. The maximum Gasteiger partial charge on any atom is 0.238 e. The smallest absolute Gasteiger partial charge is 0.238 e. The summed E-state index contributed by atoms with van der Waals surface area (Å²) in [4.78, 5) is 22.7. The second-order valence-corrected chi connectivity index (χ2v) is 4.68. The van der Waals surface area contributed by atoms with Crippen LogP contribution in [0.15, 0.2) is 48.5 Å². The summed E-state index contributed by atoms with van der Waals surface area (Å²) >= 11 is 0. The Hall–Kier alpha value is -2.66. The van der Waals surface area contributed by atoms with Crippen LogP contribution in [0.1, 0.15) is 23.7 Å². The van der Waals surface area contributed by atoms with E-state index in [1.165, 1.54) is 0 Å². The molecule has 1 amide bonds. The minimum Gasteiger partial charge on any atom is -0.457 e. The zero-order valence-electron chi connectivity index (χ0n) is 12.3. The first-order valence-corrected chi connectivity index (χ1v) is 7.03. The van der Waals surface area contributed by atoms with E-state index in [0.717, 1.165) is 0 Å². The van der Waals surface area contributed by atoms with Gasteiger partial charge in [0.25, 0.3) is 0 Å². The molecule has 0 aliphatic heterocycles. The monoisotopic (exact) mass is 298 g/mol. The molecule has 22 heavy (non-hydrogen) atoms. The van der Waals surface area contributed by atoms with Gasteiger partial charge in [0.2, 0.25) is 5.91 Å². The predicted molar refractivity (Wildman–Crippen MR) is 85.3 cm³/mol. The van der Waals surface area contributed by atoms with Gasteiger partial charge < -0.3 is 15.8 Å². The number of amides is 1. The minimum absolute atomic E-state index is 0.0545. The van der Waals surface area contributed by atoms with E-state index in [1.54, 1.807) is 48.5 Å². The van der Waals surface area contributed by atoms with E-state index in [-0.39, 0.29) is 18.2 Å². The summed E-state index contributed by atoms with van der Waals surface area (Å²) in [7, 11) is 0. The Bertz CT molecular complexity index is 649. The number of anilines is 1. The number of ether oxygens (including phenoxy) is 1. The van der Waals surface area contributed by atoms with Crippen LogP contribution in [-0.4, -0.2) is 18.2 Å². The summed E-state index contributed by atoms with van der Waals surface area (Å²) in [6, 6.07) is 14.0. The average molecular weight is 298 g/mol. The number of nitrogens with two attached hydrogens (primary N) is 1. The first kappa shape index (κ1) is 15.7. The maximum absolute atomic E-state index is 11.5. The van der Waals surface area contributed by atoms with Crippen molar-refractivity contribution >= 4 is 17.4 Å². The standard InChI is InChI=1S/C17H18N2O3/c1-2-16(20)12-3-7-14(8-4-12)22-15-9-5-13(6-10-15)19-17(21)11-18/h3-10H,2,11,18H2,1H3,(H,19,21). The number of ketones is 1. The quantitative estimate of drug-likeness (QED) is 0.803. The highest BCUT2D eigenvalue weighted by molar-refractivity contribution is 5.95. The van der Waals surface area contributed by atoms with Crippen LogP contribution < -0.4 is 15.8 Å². The number of hydrogen-bond acceptors (Lipinski definition) is 4. The Kier molecular flexibility index (Phi) is 5.27. The molecule has 0 heterocycles. The van der Waals surface area contributed by atoms with Gasteiger partial charge in [-0.25, -0.2) is 0 Å². The third-order valence-electron chi connectivity index (χ3n) is 3.06. The highest BCUT2D eigenvalue weighted by Crippen LogP contribution is 2.23. The Labute approximate surface area is 129 Å². The number of nitrogens with one attached hydrogen (secondary N) is 1. The molecule has 5 nitrogen and oxygen atoms in total. The number of carbonyl (C=O) groups is 2. The lowest BCUT2D eigenvalue weighted by Crippen LogP contribution is -2.21. The summed E-state index contributed by atoms with van der Waals surface area (Å²) < 4.78 is 5.68. The lowest BCUT2D eigenvalue weighted by molar-refractivity contribution is -0.114. The Morgan fingerprint density at radius 2 is 1.55 bits per heavy atom. The molecule has 2 aromatic rings. The van der Waals surface area contributed by atoms with Gasteiger partial charge in [-0.1, -0.05) is 6.92 Å². The van der Waals surface area contributed by atoms with Crippen molar-refractivity contribution in [3.05, 3.63) is 54.1 Å². The summed E-state index contributed by atoms with van der Waals surface area (Å²) in [6.45, 7) is 1.78. The second kappa shape index (κ2) is 7.38. The highest BCUT2D eigenvalue weighted by atomic mass is 16.5. The van der Waals surface area contributed by atoms with Crippen LogP contribution in [0.5, 0.6) is 11.5 Å². The van der Waals surface area contributed by atoms with Crippen molar-refractivity contribution in [2.75, 3.05) is 11.9 Å². The van der Waals surface area contributed by atoms with Crippen molar-refractivity contribution in [2.45, 2.75) is 13.3 Å². The van der Waals surface area contributed by atoms with Crippen molar-refractivity contribution in [1.82, 2.24) is 0 Å². The molecule has 0 fully saturated rings. The van der Waals surface area contributed by atoms with Crippen molar-refractivity contribution in [3.63, 3.8) is 0 Å². The van der Waals surface area contributed by atoms with Gasteiger partial charge in [0, 0.05) is 17.7 Å². The van der Waals surface area contributed by atoms with Crippen LogP contribution in [0.3, 0.4) is 0 Å². The summed E-state index contributed by atoms with van der Waals surface area (Å²) in [5.41, 5.74) is 6.57. The molecule has 114 valence electrons. The average Bonchev–Trinajstić information content (AvgIpc) is 2.56.